The van der Waals surface area contributed by atoms with E-state index in [9.17, 15) is 0 Å². The quantitative estimate of drug-likeness (QED) is 0.762. The zero-order chi connectivity index (χ0) is 13.8. The van der Waals surface area contributed by atoms with Crippen molar-refractivity contribution in [3.63, 3.8) is 0 Å². The molecule has 2 aromatic carbocycles. The summed E-state index contributed by atoms with van der Waals surface area (Å²) in [5.74, 6) is 2.44. The Balaban J connectivity index is 2.13. The van der Waals surface area contributed by atoms with Gasteiger partial charge in [0, 0.05) is 5.25 Å². The van der Waals surface area contributed by atoms with E-state index in [1.165, 1.54) is 29.1 Å². The van der Waals surface area contributed by atoms with Gasteiger partial charge in [-0.15, -0.1) is 11.8 Å². The third-order valence-corrected chi connectivity index (χ3v) is 7.06. The molecule has 0 nitrogen and oxygen atoms in total. The van der Waals surface area contributed by atoms with Crippen molar-refractivity contribution in [1.82, 2.24) is 0 Å². The van der Waals surface area contributed by atoms with Crippen LogP contribution < -0.4 is 0 Å². The van der Waals surface area contributed by atoms with Crippen molar-refractivity contribution < 1.29 is 0 Å². The minimum Gasteiger partial charge on any atom is -0.157 e. The monoisotopic (exact) mass is 300 g/mol. The van der Waals surface area contributed by atoms with Crippen LogP contribution in [0.2, 0.25) is 0 Å². The zero-order valence-corrected chi connectivity index (χ0v) is 13.4. The van der Waals surface area contributed by atoms with E-state index in [1.807, 2.05) is 0 Å². The van der Waals surface area contributed by atoms with Crippen molar-refractivity contribution in [2.75, 3.05) is 11.5 Å². The van der Waals surface area contributed by atoms with Gasteiger partial charge in [0.05, 0.1) is 4.75 Å². The molecule has 104 valence electrons. The highest BCUT2D eigenvalue weighted by Gasteiger charge is 2.46. The lowest BCUT2D eigenvalue weighted by molar-refractivity contribution is 0.705. The highest BCUT2D eigenvalue weighted by Crippen LogP contribution is 2.55. The van der Waals surface area contributed by atoms with E-state index < -0.39 is 0 Å². The Morgan fingerprint density at radius 3 is 2.05 bits per heavy atom. The number of rotatable bonds is 4. The van der Waals surface area contributed by atoms with Crippen LogP contribution >= 0.6 is 23.5 Å². The van der Waals surface area contributed by atoms with Gasteiger partial charge in [-0.05, 0) is 29.1 Å². The molecule has 1 saturated heterocycles. The van der Waals surface area contributed by atoms with Crippen LogP contribution in [-0.2, 0) is 4.75 Å². The number of hydrogen-bond donors (Lipinski definition) is 0. The summed E-state index contributed by atoms with van der Waals surface area (Å²) in [6, 6.07) is 22.1. The van der Waals surface area contributed by atoms with Crippen LogP contribution in [0.4, 0.5) is 0 Å². The van der Waals surface area contributed by atoms with E-state index in [4.69, 9.17) is 0 Å². The molecule has 0 radical (unpaired) electrons. The largest absolute Gasteiger partial charge is 0.157 e. The fraction of sp³-hybridized carbons (Fsp3) is 0.333. The molecule has 1 heterocycles. The number of hydrogen-bond acceptors (Lipinski definition) is 2. The minimum atomic E-state index is 0.128. The third-order valence-electron chi connectivity index (χ3n) is 3.94. The highest BCUT2D eigenvalue weighted by molar-refractivity contribution is 8.04. The fourth-order valence-electron chi connectivity index (χ4n) is 3.10. The number of benzene rings is 2. The summed E-state index contributed by atoms with van der Waals surface area (Å²) in [6.45, 7) is 2.27. The van der Waals surface area contributed by atoms with Crippen molar-refractivity contribution in [3.8, 4) is 0 Å². The molecule has 1 aliphatic rings. The summed E-state index contributed by atoms with van der Waals surface area (Å²) < 4.78 is 0.128. The first kappa shape index (κ1) is 14.1. The van der Waals surface area contributed by atoms with Gasteiger partial charge >= 0.3 is 0 Å². The van der Waals surface area contributed by atoms with Crippen molar-refractivity contribution >= 4 is 23.5 Å². The predicted molar refractivity (Wildman–Crippen MR) is 92.7 cm³/mol. The molecule has 0 N–H and O–H groups in total. The molecule has 1 atom stereocenters. The van der Waals surface area contributed by atoms with Crippen LogP contribution in [0.25, 0.3) is 0 Å². The van der Waals surface area contributed by atoms with Gasteiger partial charge in [0.1, 0.15) is 0 Å². The lowest BCUT2D eigenvalue weighted by atomic mass is 9.86. The topological polar surface area (TPSA) is 0 Å². The van der Waals surface area contributed by atoms with Gasteiger partial charge in [-0.1, -0.05) is 67.6 Å². The molecule has 20 heavy (non-hydrogen) atoms. The molecule has 0 amide bonds. The zero-order valence-electron chi connectivity index (χ0n) is 11.8. The smallest absolute Gasteiger partial charge is 0.0775 e. The van der Waals surface area contributed by atoms with Gasteiger partial charge in [-0.2, -0.15) is 11.8 Å². The first-order chi connectivity index (χ1) is 9.88. The average molecular weight is 300 g/mol. The molecule has 0 aliphatic carbocycles. The Hall–Kier alpha value is -0.860. The van der Waals surface area contributed by atoms with E-state index in [1.54, 1.807) is 0 Å². The second-order valence-electron chi connectivity index (χ2n) is 5.05. The Morgan fingerprint density at radius 1 is 1.00 bits per heavy atom. The van der Waals surface area contributed by atoms with Crippen LogP contribution in [0, 0.1) is 0 Å². The van der Waals surface area contributed by atoms with Crippen molar-refractivity contribution in [3.05, 3.63) is 71.8 Å². The molecule has 3 rings (SSSR count). The Morgan fingerprint density at radius 2 is 1.55 bits per heavy atom. The van der Waals surface area contributed by atoms with Crippen molar-refractivity contribution in [2.24, 2.45) is 0 Å². The fourth-order valence-corrected chi connectivity index (χ4v) is 6.44. The Labute approximate surface area is 130 Å². The lowest BCUT2D eigenvalue weighted by Crippen LogP contribution is -2.31. The number of thioether (sulfide) groups is 2. The van der Waals surface area contributed by atoms with Crippen molar-refractivity contribution in [2.45, 2.75) is 23.3 Å². The second kappa shape index (κ2) is 6.28. The lowest BCUT2D eigenvalue weighted by Gasteiger charge is -2.35. The molecule has 0 saturated carbocycles. The van der Waals surface area contributed by atoms with E-state index in [-0.39, 0.29) is 4.75 Å². The first-order valence-corrected chi connectivity index (χ1v) is 9.28. The molecular formula is C18H20S2. The second-order valence-corrected chi connectivity index (χ2v) is 7.87. The minimum absolute atomic E-state index is 0.128. The molecule has 1 fully saturated rings. The highest BCUT2D eigenvalue weighted by atomic mass is 32.2. The van der Waals surface area contributed by atoms with Crippen LogP contribution in [0.1, 0.15) is 24.5 Å². The average Bonchev–Trinajstić information content (AvgIpc) is 2.94. The van der Waals surface area contributed by atoms with Gasteiger partial charge in [0.15, 0.2) is 0 Å². The van der Waals surface area contributed by atoms with Gasteiger partial charge in [0.2, 0.25) is 0 Å². The van der Waals surface area contributed by atoms with E-state index in [0.717, 1.165) is 0 Å². The Bertz CT molecular complexity index is 496. The van der Waals surface area contributed by atoms with Gasteiger partial charge in [0.25, 0.3) is 0 Å². The molecular weight excluding hydrogens is 280 g/mol. The van der Waals surface area contributed by atoms with Crippen LogP contribution in [0.15, 0.2) is 60.7 Å². The SMILES string of the molecule is CCSC1CCSC1(c1ccccc1)c1ccccc1. The van der Waals surface area contributed by atoms with E-state index >= 15 is 0 Å². The van der Waals surface area contributed by atoms with E-state index in [0.29, 0.717) is 5.25 Å². The van der Waals surface area contributed by atoms with Crippen molar-refractivity contribution in [1.29, 1.82) is 0 Å². The molecule has 0 aromatic heterocycles. The van der Waals surface area contributed by atoms with Crippen LogP contribution in [0.5, 0.6) is 0 Å². The molecule has 2 aromatic rings. The van der Waals surface area contributed by atoms with Gasteiger partial charge in [-0.25, -0.2) is 0 Å². The normalized spacial score (nSPS) is 20.9. The Kier molecular flexibility index (Phi) is 4.42. The maximum atomic E-state index is 2.30. The summed E-state index contributed by atoms with van der Waals surface area (Å²) >= 11 is 4.24. The van der Waals surface area contributed by atoms with E-state index in [2.05, 4.69) is 91.1 Å². The molecule has 1 unspecified atom stereocenters. The van der Waals surface area contributed by atoms with Gasteiger partial charge in [-0.3, -0.25) is 0 Å². The molecule has 0 spiro atoms. The van der Waals surface area contributed by atoms with Crippen LogP contribution in [-0.4, -0.2) is 16.8 Å². The van der Waals surface area contributed by atoms with Crippen LogP contribution in [0.3, 0.4) is 0 Å². The maximum Gasteiger partial charge on any atom is 0.0775 e. The predicted octanol–water partition coefficient (Wildman–Crippen LogP) is 5.19. The van der Waals surface area contributed by atoms with Gasteiger partial charge < -0.3 is 0 Å². The maximum absolute atomic E-state index is 2.30. The summed E-state index contributed by atoms with van der Waals surface area (Å²) in [4.78, 5) is 0. The molecule has 2 heteroatoms. The summed E-state index contributed by atoms with van der Waals surface area (Å²) in [5.41, 5.74) is 2.92. The standard InChI is InChI=1S/C18H20S2/c1-2-19-17-13-14-20-18(17,15-9-5-3-6-10-15)16-11-7-4-8-12-16/h3-12,17H,2,13-14H2,1H3. The molecule has 0 bridgehead atoms. The third kappa shape index (κ3) is 2.40. The summed E-state index contributed by atoms with van der Waals surface area (Å²) in [6.07, 6.45) is 1.30. The molecule has 1 aliphatic heterocycles. The summed E-state index contributed by atoms with van der Waals surface area (Å²) in [7, 11) is 0. The summed E-state index contributed by atoms with van der Waals surface area (Å²) in [5, 5.41) is 0.669. The first-order valence-electron chi connectivity index (χ1n) is 7.24.